The van der Waals surface area contributed by atoms with E-state index < -0.39 is 0 Å². The number of piperidine rings is 1. The van der Waals surface area contributed by atoms with Crippen molar-refractivity contribution in [3.05, 3.63) is 47.3 Å². The monoisotopic (exact) mass is 361 g/mol. The average molecular weight is 361 g/mol. The molecule has 1 aliphatic heterocycles. The minimum absolute atomic E-state index is 0.342. The van der Waals surface area contributed by atoms with E-state index in [0.717, 1.165) is 74.2 Å². The number of hydrogen-bond donors (Lipinski definition) is 1. The molecule has 0 aromatic carbocycles. The van der Waals surface area contributed by atoms with Gasteiger partial charge >= 0.3 is 0 Å². The highest BCUT2D eigenvalue weighted by Gasteiger charge is 2.29. The van der Waals surface area contributed by atoms with Gasteiger partial charge in [0.15, 0.2) is 11.6 Å². The van der Waals surface area contributed by atoms with Crippen molar-refractivity contribution in [1.29, 1.82) is 0 Å². The third-order valence-corrected chi connectivity index (χ3v) is 5.51. The predicted octanol–water partition coefficient (Wildman–Crippen LogP) is 2.84. The van der Waals surface area contributed by atoms with Crippen LogP contribution in [0.25, 0.3) is 11.5 Å². The first kappa shape index (κ1) is 16.4. The molecule has 0 bridgehead atoms. The van der Waals surface area contributed by atoms with Crippen LogP contribution in [-0.4, -0.2) is 43.2 Å². The number of aromatic amines is 1. The summed E-state index contributed by atoms with van der Waals surface area (Å²) in [4.78, 5) is 21.2. The molecule has 1 aliphatic carbocycles. The minimum atomic E-state index is 0.342. The second-order valence-corrected chi connectivity index (χ2v) is 7.43. The highest BCUT2D eigenvalue weighted by molar-refractivity contribution is 5.59. The van der Waals surface area contributed by atoms with Crippen LogP contribution in [0.5, 0.6) is 0 Å². The second-order valence-electron chi connectivity index (χ2n) is 7.43. The van der Waals surface area contributed by atoms with Gasteiger partial charge in [-0.05, 0) is 51.2 Å². The molecule has 0 spiro atoms. The first-order valence-corrected chi connectivity index (χ1v) is 9.73. The van der Waals surface area contributed by atoms with Gasteiger partial charge in [0.2, 0.25) is 0 Å². The number of aromatic nitrogens is 6. The van der Waals surface area contributed by atoms with Crippen LogP contribution < -0.4 is 4.90 Å². The van der Waals surface area contributed by atoms with Crippen molar-refractivity contribution in [1.82, 2.24) is 30.1 Å². The van der Waals surface area contributed by atoms with E-state index in [0.29, 0.717) is 5.92 Å². The lowest BCUT2D eigenvalue weighted by atomic mass is 9.97. The van der Waals surface area contributed by atoms with E-state index in [1.165, 1.54) is 11.3 Å². The Hall–Kier alpha value is -2.83. The molecule has 2 aliphatic rings. The van der Waals surface area contributed by atoms with E-state index >= 15 is 0 Å². The summed E-state index contributed by atoms with van der Waals surface area (Å²) in [6, 6.07) is 5.89. The highest BCUT2D eigenvalue weighted by Crippen LogP contribution is 2.34. The highest BCUT2D eigenvalue weighted by atomic mass is 15.2. The number of hydrogen-bond acceptors (Lipinski definition) is 6. The summed E-state index contributed by atoms with van der Waals surface area (Å²) in [7, 11) is 0. The zero-order chi connectivity index (χ0) is 18.2. The number of H-pyrrole nitrogens is 1. The molecule has 0 amide bonds. The maximum atomic E-state index is 4.98. The number of aryl methyl sites for hydroxylation is 2. The molecule has 1 N–H and O–H groups in total. The summed E-state index contributed by atoms with van der Waals surface area (Å²) in [5, 5.41) is 7.38. The summed E-state index contributed by atoms with van der Waals surface area (Å²) >= 11 is 0. The Balaban J connectivity index is 1.51. The SMILES string of the molecule is Cc1nc(C2CCCN(c3nc(-c4ccccn4)nc4c3CCC4)C2)n[nH]1. The third kappa shape index (κ3) is 3.07. The van der Waals surface area contributed by atoms with Crippen molar-refractivity contribution >= 4 is 5.82 Å². The van der Waals surface area contributed by atoms with Crippen LogP contribution in [0.3, 0.4) is 0 Å². The summed E-state index contributed by atoms with van der Waals surface area (Å²) in [5.41, 5.74) is 3.35. The summed E-state index contributed by atoms with van der Waals surface area (Å²) in [5.74, 6) is 3.97. The molecule has 0 saturated carbocycles. The molecular weight excluding hydrogens is 338 g/mol. The number of pyridine rings is 1. The van der Waals surface area contributed by atoms with Gasteiger partial charge < -0.3 is 4.90 Å². The Morgan fingerprint density at radius 1 is 1.11 bits per heavy atom. The predicted molar refractivity (Wildman–Crippen MR) is 103 cm³/mol. The van der Waals surface area contributed by atoms with Crippen LogP contribution in [0.4, 0.5) is 5.82 Å². The van der Waals surface area contributed by atoms with Gasteiger partial charge in [0.05, 0.1) is 0 Å². The van der Waals surface area contributed by atoms with Crippen LogP contribution in [0.15, 0.2) is 24.4 Å². The van der Waals surface area contributed by atoms with Crippen molar-refractivity contribution < 1.29 is 0 Å². The molecule has 7 heteroatoms. The van der Waals surface area contributed by atoms with Crippen LogP contribution in [-0.2, 0) is 12.8 Å². The van der Waals surface area contributed by atoms with Crippen molar-refractivity contribution in [3.8, 4) is 11.5 Å². The van der Waals surface area contributed by atoms with E-state index in [9.17, 15) is 0 Å². The number of nitrogens with one attached hydrogen (secondary N) is 1. The van der Waals surface area contributed by atoms with Gasteiger partial charge in [-0.2, -0.15) is 5.10 Å². The largest absolute Gasteiger partial charge is 0.356 e. The van der Waals surface area contributed by atoms with Gasteiger partial charge in [0, 0.05) is 36.5 Å². The maximum Gasteiger partial charge on any atom is 0.180 e. The molecular formula is C20H23N7. The number of rotatable bonds is 3. The fourth-order valence-corrected chi connectivity index (χ4v) is 4.21. The molecule has 1 fully saturated rings. The van der Waals surface area contributed by atoms with Crippen molar-refractivity contribution in [3.63, 3.8) is 0 Å². The van der Waals surface area contributed by atoms with Crippen LogP contribution in [0.1, 0.15) is 48.1 Å². The molecule has 0 radical (unpaired) electrons. The van der Waals surface area contributed by atoms with Gasteiger partial charge in [0.25, 0.3) is 0 Å². The smallest absolute Gasteiger partial charge is 0.180 e. The van der Waals surface area contributed by atoms with Gasteiger partial charge in [-0.25, -0.2) is 15.0 Å². The summed E-state index contributed by atoms with van der Waals surface area (Å²) in [6.45, 7) is 3.88. The quantitative estimate of drug-likeness (QED) is 0.772. The summed E-state index contributed by atoms with van der Waals surface area (Å²) < 4.78 is 0. The van der Waals surface area contributed by atoms with Gasteiger partial charge in [-0.1, -0.05) is 6.07 Å². The Kier molecular flexibility index (Phi) is 4.07. The van der Waals surface area contributed by atoms with Gasteiger partial charge in [-0.3, -0.25) is 10.1 Å². The Labute approximate surface area is 158 Å². The van der Waals surface area contributed by atoms with Crippen LogP contribution in [0.2, 0.25) is 0 Å². The fourth-order valence-electron chi connectivity index (χ4n) is 4.21. The van der Waals surface area contributed by atoms with Crippen LogP contribution >= 0.6 is 0 Å². The van der Waals surface area contributed by atoms with E-state index in [1.807, 2.05) is 25.1 Å². The number of fused-ring (bicyclic) bond motifs is 1. The fraction of sp³-hybridized carbons (Fsp3) is 0.450. The number of nitrogens with zero attached hydrogens (tertiary/aromatic N) is 6. The topological polar surface area (TPSA) is 83.5 Å². The molecule has 1 unspecified atom stereocenters. The molecule has 5 rings (SSSR count). The lowest BCUT2D eigenvalue weighted by molar-refractivity contribution is 0.488. The normalized spacial score (nSPS) is 19.3. The van der Waals surface area contributed by atoms with E-state index in [4.69, 9.17) is 9.97 Å². The second kappa shape index (κ2) is 6.72. The first-order valence-electron chi connectivity index (χ1n) is 9.73. The molecule has 7 nitrogen and oxygen atoms in total. The molecule has 3 aromatic rings. The molecule has 3 aromatic heterocycles. The maximum absolute atomic E-state index is 4.98. The molecule has 4 heterocycles. The lowest BCUT2D eigenvalue weighted by Crippen LogP contribution is -2.36. The third-order valence-electron chi connectivity index (χ3n) is 5.51. The van der Waals surface area contributed by atoms with Gasteiger partial charge in [0.1, 0.15) is 17.3 Å². The van der Waals surface area contributed by atoms with Gasteiger partial charge in [-0.15, -0.1) is 0 Å². The van der Waals surface area contributed by atoms with E-state index in [1.54, 1.807) is 6.20 Å². The molecule has 27 heavy (non-hydrogen) atoms. The number of anilines is 1. The molecule has 1 saturated heterocycles. The van der Waals surface area contributed by atoms with E-state index in [2.05, 4.69) is 25.1 Å². The Morgan fingerprint density at radius 3 is 2.89 bits per heavy atom. The zero-order valence-corrected chi connectivity index (χ0v) is 15.5. The van der Waals surface area contributed by atoms with Crippen LogP contribution in [0, 0.1) is 6.92 Å². The first-order chi connectivity index (χ1) is 13.3. The van der Waals surface area contributed by atoms with E-state index in [-0.39, 0.29) is 0 Å². The zero-order valence-electron chi connectivity index (χ0n) is 15.5. The molecule has 138 valence electrons. The Morgan fingerprint density at radius 2 is 2.07 bits per heavy atom. The minimum Gasteiger partial charge on any atom is -0.356 e. The summed E-state index contributed by atoms with van der Waals surface area (Å²) in [6.07, 6.45) is 7.29. The van der Waals surface area contributed by atoms with Crippen molar-refractivity contribution in [2.24, 2.45) is 0 Å². The standard InChI is InChI=1S/C20H23N7/c1-13-22-18(26-25-13)14-6-5-11-27(12-14)20-15-7-4-9-16(15)23-19(24-20)17-8-2-3-10-21-17/h2-3,8,10,14H,4-7,9,11-12H2,1H3,(H,22,25,26). The average Bonchev–Trinajstić information content (AvgIpc) is 3.37. The van der Waals surface area contributed by atoms with Crippen molar-refractivity contribution in [2.75, 3.05) is 18.0 Å². The lowest BCUT2D eigenvalue weighted by Gasteiger charge is -2.33. The Bertz CT molecular complexity index is 950. The van der Waals surface area contributed by atoms with Crippen molar-refractivity contribution in [2.45, 2.75) is 44.9 Å². The molecule has 1 atom stereocenters.